The average molecular weight is 371 g/mol. The summed E-state index contributed by atoms with van der Waals surface area (Å²) >= 11 is 0. The molecule has 0 fully saturated rings. The molecule has 0 bridgehead atoms. The number of hydrogen-bond donors (Lipinski definition) is 2. The predicted molar refractivity (Wildman–Crippen MR) is 106 cm³/mol. The molecule has 0 saturated carbocycles. The highest BCUT2D eigenvalue weighted by Gasteiger charge is 2.03. The van der Waals surface area contributed by atoms with Crippen molar-refractivity contribution in [3.05, 3.63) is 48.0 Å². The fraction of sp³-hybridized carbons (Fsp3) is 0.300. The Morgan fingerprint density at radius 3 is 2.41 bits per heavy atom. The number of carbonyl (C=O) groups excluding carboxylic acids is 1. The number of ether oxygens (including phenoxy) is 3. The Labute approximate surface area is 159 Å². The number of nitrogens with zero attached hydrogens (tertiary/aromatic N) is 1. The van der Waals surface area contributed by atoms with Gasteiger partial charge in [-0.1, -0.05) is 0 Å². The number of anilines is 1. The van der Waals surface area contributed by atoms with Crippen molar-refractivity contribution in [3.63, 3.8) is 0 Å². The molecule has 0 aliphatic rings. The monoisotopic (exact) mass is 371 g/mol. The van der Waals surface area contributed by atoms with Gasteiger partial charge < -0.3 is 19.5 Å². The third-order valence-electron chi connectivity index (χ3n) is 3.81. The summed E-state index contributed by atoms with van der Waals surface area (Å²) in [4.78, 5) is 11.8. The van der Waals surface area contributed by atoms with Crippen LogP contribution in [0, 0.1) is 0 Å². The number of amides is 1. The quantitative estimate of drug-likeness (QED) is 0.381. The van der Waals surface area contributed by atoms with E-state index in [-0.39, 0.29) is 5.91 Å². The van der Waals surface area contributed by atoms with Crippen molar-refractivity contribution in [1.29, 1.82) is 0 Å². The smallest absolute Gasteiger partial charge is 0.240 e. The average Bonchev–Trinajstić information content (AvgIpc) is 2.71. The number of carbonyl (C=O) groups is 1. The zero-order valence-electron chi connectivity index (χ0n) is 15.8. The maximum absolute atomic E-state index is 11.8. The first-order valence-electron chi connectivity index (χ1n) is 8.58. The number of rotatable bonds is 10. The predicted octanol–water partition coefficient (Wildman–Crippen LogP) is 3.05. The third kappa shape index (κ3) is 6.54. The zero-order chi connectivity index (χ0) is 19.5. The van der Waals surface area contributed by atoms with Crippen LogP contribution in [-0.4, -0.2) is 40.0 Å². The Morgan fingerprint density at radius 2 is 1.74 bits per heavy atom. The molecule has 0 spiro atoms. The lowest BCUT2D eigenvalue weighted by atomic mass is 10.2. The van der Waals surface area contributed by atoms with Crippen LogP contribution < -0.4 is 25.0 Å². The molecule has 0 aromatic heterocycles. The van der Waals surface area contributed by atoms with Crippen molar-refractivity contribution < 1.29 is 19.0 Å². The van der Waals surface area contributed by atoms with Crippen LogP contribution in [0.4, 0.5) is 5.69 Å². The number of hydrazone groups is 1. The molecule has 0 heterocycles. The van der Waals surface area contributed by atoms with Crippen LogP contribution in [0.3, 0.4) is 0 Å². The summed E-state index contributed by atoms with van der Waals surface area (Å²) in [6, 6.07) is 13.0. The van der Waals surface area contributed by atoms with Gasteiger partial charge in [0.25, 0.3) is 0 Å². The minimum atomic E-state index is -0.136. The van der Waals surface area contributed by atoms with Gasteiger partial charge in [0.2, 0.25) is 5.91 Å². The molecule has 0 unspecified atom stereocenters. The van der Waals surface area contributed by atoms with Crippen LogP contribution in [0.2, 0.25) is 0 Å². The lowest BCUT2D eigenvalue weighted by Crippen LogP contribution is -2.18. The van der Waals surface area contributed by atoms with Crippen LogP contribution in [0.1, 0.15) is 18.4 Å². The molecule has 2 aromatic rings. The number of nitrogens with one attached hydrogen (secondary N) is 2. The summed E-state index contributed by atoms with van der Waals surface area (Å²) < 4.78 is 15.5. The summed E-state index contributed by atoms with van der Waals surface area (Å²) in [5.41, 5.74) is 4.31. The molecule has 2 aromatic carbocycles. The number of benzene rings is 2. The van der Waals surface area contributed by atoms with E-state index in [0.717, 1.165) is 17.0 Å². The largest absolute Gasteiger partial charge is 0.497 e. The van der Waals surface area contributed by atoms with E-state index in [1.165, 1.54) is 0 Å². The first-order valence-corrected chi connectivity index (χ1v) is 8.58. The van der Waals surface area contributed by atoms with E-state index in [4.69, 9.17) is 14.2 Å². The van der Waals surface area contributed by atoms with Gasteiger partial charge in [0, 0.05) is 18.7 Å². The molecular weight excluding hydrogens is 346 g/mol. The van der Waals surface area contributed by atoms with Crippen molar-refractivity contribution in [2.24, 2.45) is 5.10 Å². The van der Waals surface area contributed by atoms with E-state index in [9.17, 15) is 4.79 Å². The lowest BCUT2D eigenvalue weighted by molar-refractivity contribution is -0.121. The Bertz CT molecular complexity index is 760. The minimum absolute atomic E-state index is 0.136. The first-order chi connectivity index (χ1) is 13.2. The summed E-state index contributed by atoms with van der Waals surface area (Å²) in [7, 11) is 4.78. The van der Waals surface area contributed by atoms with Crippen molar-refractivity contribution in [2.75, 3.05) is 33.2 Å². The van der Waals surface area contributed by atoms with E-state index < -0.39 is 0 Å². The molecule has 2 N–H and O–H groups in total. The van der Waals surface area contributed by atoms with Crippen molar-refractivity contribution >= 4 is 17.8 Å². The maximum Gasteiger partial charge on any atom is 0.240 e. The summed E-state index contributed by atoms with van der Waals surface area (Å²) in [6.45, 7) is 0.694. The molecule has 7 nitrogen and oxygen atoms in total. The fourth-order valence-electron chi connectivity index (χ4n) is 2.36. The van der Waals surface area contributed by atoms with E-state index in [0.29, 0.717) is 30.9 Å². The molecule has 0 saturated heterocycles. The second-order valence-corrected chi connectivity index (χ2v) is 5.67. The SMILES string of the molecule is COc1ccc(NCCCC(=O)NN=Cc2ccc(OC)c(OC)c2)cc1. The van der Waals surface area contributed by atoms with Crippen LogP contribution in [0.25, 0.3) is 0 Å². The minimum Gasteiger partial charge on any atom is -0.497 e. The highest BCUT2D eigenvalue weighted by molar-refractivity contribution is 5.83. The second kappa shape index (κ2) is 10.7. The molecule has 0 radical (unpaired) electrons. The van der Waals surface area contributed by atoms with Crippen molar-refractivity contribution in [1.82, 2.24) is 5.43 Å². The second-order valence-electron chi connectivity index (χ2n) is 5.67. The molecule has 0 aliphatic carbocycles. The van der Waals surface area contributed by atoms with Crippen LogP contribution in [-0.2, 0) is 4.79 Å². The van der Waals surface area contributed by atoms with Gasteiger partial charge in [-0.15, -0.1) is 0 Å². The van der Waals surface area contributed by atoms with Gasteiger partial charge in [0.1, 0.15) is 5.75 Å². The van der Waals surface area contributed by atoms with Gasteiger partial charge in [-0.2, -0.15) is 5.10 Å². The molecule has 0 atom stereocenters. The maximum atomic E-state index is 11.8. The first kappa shape index (κ1) is 20.1. The summed E-state index contributed by atoms with van der Waals surface area (Å²) in [6.07, 6.45) is 2.64. The lowest BCUT2D eigenvalue weighted by Gasteiger charge is -2.07. The highest BCUT2D eigenvalue weighted by Crippen LogP contribution is 2.26. The molecule has 7 heteroatoms. The Morgan fingerprint density at radius 1 is 1.00 bits per heavy atom. The number of hydrogen-bond acceptors (Lipinski definition) is 6. The van der Waals surface area contributed by atoms with E-state index >= 15 is 0 Å². The van der Waals surface area contributed by atoms with Gasteiger partial charge in [-0.05, 0) is 54.4 Å². The van der Waals surface area contributed by atoms with E-state index in [2.05, 4.69) is 15.8 Å². The van der Waals surface area contributed by atoms with E-state index in [1.54, 1.807) is 39.7 Å². The van der Waals surface area contributed by atoms with Gasteiger partial charge in [0.15, 0.2) is 11.5 Å². The van der Waals surface area contributed by atoms with Crippen molar-refractivity contribution in [3.8, 4) is 17.2 Å². The van der Waals surface area contributed by atoms with Crippen molar-refractivity contribution in [2.45, 2.75) is 12.8 Å². The van der Waals surface area contributed by atoms with E-state index in [1.807, 2.05) is 30.3 Å². The normalized spacial score (nSPS) is 10.5. The topological polar surface area (TPSA) is 81.2 Å². The summed E-state index contributed by atoms with van der Waals surface area (Å²) in [5.74, 6) is 1.93. The van der Waals surface area contributed by atoms with Crippen LogP contribution in [0.15, 0.2) is 47.6 Å². The Kier molecular flexibility index (Phi) is 7.96. The number of methoxy groups -OCH3 is 3. The van der Waals surface area contributed by atoms with Gasteiger partial charge >= 0.3 is 0 Å². The zero-order valence-corrected chi connectivity index (χ0v) is 15.8. The molecule has 1 amide bonds. The van der Waals surface area contributed by atoms with Gasteiger partial charge in [-0.3, -0.25) is 4.79 Å². The molecule has 0 aliphatic heterocycles. The standard InChI is InChI=1S/C20H25N3O4/c1-25-17-9-7-16(8-10-17)21-12-4-5-20(24)23-22-14-15-6-11-18(26-2)19(13-15)27-3/h6-11,13-14,21H,4-5,12H2,1-3H3,(H,23,24). The molecule has 27 heavy (non-hydrogen) atoms. The Hall–Kier alpha value is -3.22. The fourth-order valence-corrected chi connectivity index (χ4v) is 2.36. The highest BCUT2D eigenvalue weighted by atomic mass is 16.5. The Balaban J connectivity index is 1.70. The van der Waals surface area contributed by atoms with Gasteiger partial charge in [-0.25, -0.2) is 5.43 Å². The molecule has 2 rings (SSSR count). The molecule has 144 valence electrons. The molecular formula is C20H25N3O4. The van der Waals surface area contributed by atoms with Gasteiger partial charge in [0.05, 0.1) is 27.5 Å². The van der Waals surface area contributed by atoms with Crippen LogP contribution >= 0.6 is 0 Å². The summed E-state index contributed by atoms with van der Waals surface area (Å²) in [5, 5.41) is 7.23. The third-order valence-corrected chi connectivity index (χ3v) is 3.81. The van der Waals surface area contributed by atoms with Crippen LogP contribution in [0.5, 0.6) is 17.2 Å².